The van der Waals surface area contributed by atoms with Crippen molar-refractivity contribution in [2.75, 3.05) is 7.11 Å². The Morgan fingerprint density at radius 1 is 1.46 bits per heavy atom. The molecule has 0 aromatic heterocycles. The predicted octanol–water partition coefficient (Wildman–Crippen LogP) is 1.84. The molecule has 70 valence electrons. The van der Waals surface area contributed by atoms with E-state index in [4.69, 9.17) is 0 Å². The van der Waals surface area contributed by atoms with Crippen LogP contribution < -0.4 is 0 Å². The second-order valence-electron chi connectivity index (χ2n) is 2.29. The van der Waals surface area contributed by atoms with E-state index in [1.54, 1.807) is 6.07 Å². The molecule has 4 nitrogen and oxygen atoms in total. The van der Waals surface area contributed by atoms with Crippen LogP contribution in [0, 0.1) is 0 Å². The van der Waals surface area contributed by atoms with Crippen molar-refractivity contribution in [3.05, 3.63) is 22.2 Å². The molecule has 0 radical (unpaired) electrons. The van der Waals surface area contributed by atoms with Crippen LogP contribution in [0.1, 0.15) is 5.56 Å². The third-order valence-corrected chi connectivity index (χ3v) is 1.98. The molecule has 0 aliphatic rings. The van der Waals surface area contributed by atoms with Crippen molar-refractivity contribution >= 4 is 22.1 Å². The molecule has 2 N–H and O–H groups in total. The van der Waals surface area contributed by atoms with Gasteiger partial charge in [-0.05, 0) is 28.1 Å². The maximum Gasteiger partial charge on any atom is 0.171 e. The molecule has 5 heteroatoms. The predicted molar refractivity (Wildman–Crippen MR) is 52.1 cm³/mol. The quantitative estimate of drug-likeness (QED) is 0.475. The number of hydrogen-bond acceptors (Lipinski definition) is 4. The zero-order valence-corrected chi connectivity index (χ0v) is 8.45. The maximum atomic E-state index is 9.20. The zero-order chi connectivity index (χ0) is 9.84. The molecule has 13 heavy (non-hydrogen) atoms. The van der Waals surface area contributed by atoms with Gasteiger partial charge in [0.05, 0.1) is 10.7 Å². The molecule has 0 aliphatic carbocycles. The van der Waals surface area contributed by atoms with Crippen LogP contribution >= 0.6 is 15.9 Å². The monoisotopic (exact) mass is 245 g/mol. The summed E-state index contributed by atoms with van der Waals surface area (Å²) >= 11 is 3.08. The third-order valence-electron chi connectivity index (χ3n) is 1.37. The fraction of sp³-hybridized carbons (Fsp3) is 0.125. The first-order chi connectivity index (χ1) is 6.15. The average molecular weight is 246 g/mol. The van der Waals surface area contributed by atoms with Crippen molar-refractivity contribution in [2.45, 2.75) is 0 Å². The number of aromatic hydroxyl groups is 2. The van der Waals surface area contributed by atoms with Gasteiger partial charge in [0, 0.05) is 5.56 Å². The van der Waals surface area contributed by atoms with E-state index in [0.29, 0.717) is 10.0 Å². The van der Waals surface area contributed by atoms with E-state index in [2.05, 4.69) is 25.9 Å². The fourth-order valence-electron chi connectivity index (χ4n) is 0.793. The summed E-state index contributed by atoms with van der Waals surface area (Å²) in [4.78, 5) is 4.47. The molecule has 0 saturated heterocycles. The van der Waals surface area contributed by atoms with Gasteiger partial charge in [0.15, 0.2) is 11.5 Å². The number of oxime groups is 1. The van der Waals surface area contributed by atoms with Gasteiger partial charge in [0.1, 0.15) is 7.11 Å². The number of phenolic OH excluding ortho intramolecular Hbond substituents is 2. The molecule has 0 aliphatic heterocycles. The highest BCUT2D eigenvalue weighted by atomic mass is 79.9. The summed E-state index contributed by atoms with van der Waals surface area (Å²) in [5.74, 6) is -0.388. The van der Waals surface area contributed by atoms with Gasteiger partial charge in [-0.2, -0.15) is 0 Å². The molecule has 0 unspecified atom stereocenters. The second-order valence-corrected chi connectivity index (χ2v) is 3.14. The summed E-state index contributed by atoms with van der Waals surface area (Å²) in [6.45, 7) is 0. The molecule has 0 heterocycles. The van der Waals surface area contributed by atoms with Crippen molar-refractivity contribution in [3.63, 3.8) is 0 Å². The summed E-state index contributed by atoms with van der Waals surface area (Å²) in [6.07, 6.45) is 1.42. The molecule has 1 rings (SSSR count). The van der Waals surface area contributed by atoms with Crippen LogP contribution in [0.4, 0.5) is 0 Å². The molecule has 0 bridgehead atoms. The van der Waals surface area contributed by atoms with Crippen LogP contribution in [0.5, 0.6) is 11.5 Å². The van der Waals surface area contributed by atoms with Gasteiger partial charge in [0.2, 0.25) is 0 Å². The van der Waals surface area contributed by atoms with Crippen LogP contribution in [-0.2, 0) is 4.84 Å². The standard InChI is InChI=1S/C8H8BrNO3/c1-13-10-4-5-2-6(9)8(12)7(11)3-5/h2-4,11-12H,1H3/b10-4+. The highest BCUT2D eigenvalue weighted by Gasteiger charge is 2.05. The molecular weight excluding hydrogens is 238 g/mol. The Morgan fingerprint density at radius 3 is 2.69 bits per heavy atom. The van der Waals surface area contributed by atoms with Crippen molar-refractivity contribution < 1.29 is 15.1 Å². The van der Waals surface area contributed by atoms with E-state index in [0.717, 1.165) is 0 Å². The van der Waals surface area contributed by atoms with Crippen molar-refractivity contribution in [2.24, 2.45) is 5.16 Å². The molecule has 0 spiro atoms. The van der Waals surface area contributed by atoms with Gasteiger partial charge in [-0.25, -0.2) is 0 Å². The molecular formula is C8H8BrNO3. The van der Waals surface area contributed by atoms with Crippen LogP contribution in [0.3, 0.4) is 0 Å². The lowest BCUT2D eigenvalue weighted by Gasteiger charge is -2.01. The Kier molecular flexibility index (Phi) is 3.13. The first kappa shape index (κ1) is 9.85. The normalized spacial score (nSPS) is 10.6. The summed E-state index contributed by atoms with van der Waals surface area (Å²) in [6, 6.07) is 2.99. The van der Waals surface area contributed by atoms with Gasteiger partial charge in [-0.3, -0.25) is 0 Å². The number of hydrogen-bond donors (Lipinski definition) is 2. The average Bonchev–Trinajstić information content (AvgIpc) is 2.10. The van der Waals surface area contributed by atoms with E-state index in [9.17, 15) is 10.2 Å². The van der Waals surface area contributed by atoms with Gasteiger partial charge >= 0.3 is 0 Å². The molecule has 1 aromatic carbocycles. The number of benzene rings is 1. The third kappa shape index (κ3) is 2.35. The number of nitrogens with zero attached hydrogens (tertiary/aromatic N) is 1. The number of halogens is 1. The molecule has 0 fully saturated rings. The Balaban J connectivity index is 3.06. The van der Waals surface area contributed by atoms with Gasteiger partial charge in [-0.15, -0.1) is 0 Å². The summed E-state index contributed by atoms with van der Waals surface area (Å²) in [5, 5.41) is 21.9. The molecule has 0 atom stereocenters. The topological polar surface area (TPSA) is 62.0 Å². The van der Waals surface area contributed by atoms with Crippen LogP contribution in [0.25, 0.3) is 0 Å². The van der Waals surface area contributed by atoms with E-state index >= 15 is 0 Å². The fourth-order valence-corrected chi connectivity index (χ4v) is 1.26. The van der Waals surface area contributed by atoms with Gasteiger partial charge in [0.25, 0.3) is 0 Å². The molecule has 0 amide bonds. The number of phenols is 2. The van der Waals surface area contributed by atoms with Crippen LogP contribution in [0.2, 0.25) is 0 Å². The second kappa shape index (κ2) is 4.13. The minimum Gasteiger partial charge on any atom is -0.504 e. The minimum atomic E-state index is -0.202. The summed E-state index contributed by atoms with van der Waals surface area (Å²) in [5.41, 5.74) is 0.629. The van der Waals surface area contributed by atoms with Crippen LogP contribution in [0.15, 0.2) is 21.8 Å². The first-order valence-electron chi connectivity index (χ1n) is 3.43. The highest BCUT2D eigenvalue weighted by molar-refractivity contribution is 9.10. The van der Waals surface area contributed by atoms with E-state index in [1.807, 2.05) is 0 Å². The van der Waals surface area contributed by atoms with Gasteiger partial charge in [-0.1, -0.05) is 5.16 Å². The lowest BCUT2D eigenvalue weighted by atomic mass is 10.2. The van der Waals surface area contributed by atoms with Crippen molar-refractivity contribution in [1.82, 2.24) is 0 Å². The summed E-state index contributed by atoms with van der Waals surface area (Å²) < 4.78 is 0.407. The highest BCUT2D eigenvalue weighted by Crippen LogP contribution is 2.33. The van der Waals surface area contributed by atoms with Crippen LogP contribution in [-0.4, -0.2) is 23.5 Å². The maximum absolute atomic E-state index is 9.20. The smallest absolute Gasteiger partial charge is 0.171 e. The SMILES string of the molecule is CO/N=C/c1cc(O)c(O)c(Br)c1. The largest absolute Gasteiger partial charge is 0.504 e. The Bertz CT molecular complexity index is 315. The summed E-state index contributed by atoms with van der Waals surface area (Å²) in [7, 11) is 1.42. The lowest BCUT2D eigenvalue weighted by Crippen LogP contribution is -1.83. The van der Waals surface area contributed by atoms with Crippen molar-refractivity contribution in [1.29, 1.82) is 0 Å². The Labute approximate surface area is 83.6 Å². The van der Waals surface area contributed by atoms with E-state index in [1.165, 1.54) is 19.4 Å². The Morgan fingerprint density at radius 2 is 2.15 bits per heavy atom. The van der Waals surface area contributed by atoms with E-state index < -0.39 is 0 Å². The molecule has 0 saturated carbocycles. The minimum absolute atomic E-state index is 0.186. The lowest BCUT2D eigenvalue weighted by molar-refractivity contribution is 0.215. The van der Waals surface area contributed by atoms with E-state index in [-0.39, 0.29) is 11.5 Å². The van der Waals surface area contributed by atoms with Crippen molar-refractivity contribution in [3.8, 4) is 11.5 Å². The molecule has 1 aromatic rings. The van der Waals surface area contributed by atoms with Gasteiger partial charge < -0.3 is 15.1 Å². The first-order valence-corrected chi connectivity index (χ1v) is 4.22. The number of rotatable bonds is 2. The zero-order valence-electron chi connectivity index (χ0n) is 6.86. The Hall–Kier alpha value is -1.23.